The zero-order chi connectivity index (χ0) is 13.1. The van der Waals surface area contributed by atoms with E-state index in [1.165, 1.54) is 25.8 Å². The fraction of sp³-hybridized carbons (Fsp3) is 0.929. The summed E-state index contributed by atoms with van der Waals surface area (Å²) in [5.41, 5.74) is 5.95. The van der Waals surface area contributed by atoms with Gasteiger partial charge in [-0.2, -0.15) is 0 Å². The number of nitrogens with zero attached hydrogens (tertiary/aromatic N) is 1. The highest BCUT2D eigenvalue weighted by Gasteiger charge is 2.36. The van der Waals surface area contributed by atoms with Crippen LogP contribution in [0.3, 0.4) is 0 Å². The van der Waals surface area contributed by atoms with E-state index in [0.29, 0.717) is 24.4 Å². The molecule has 4 heteroatoms. The predicted molar refractivity (Wildman–Crippen MR) is 73.2 cm³/mol. The minimum Gasteiger partial charge on any atom is -0.352 e. The van der Waals surface area contributed by atoms with Crippen LogP contribution in [0, 0.1) is 5.92 Å². The molecule has 2 aliphatic heterocycles. The van der Waals surface area contributed by atoms with Crippen molar-refractivity contribution in [1.82, 2.24) is 10.2 Å². The Kier molecular flexibility index (Phi) is 4.62. The summed E-state index contributed by atoms with van der Waals surface area (Å²) in [5, 5.41) is 3.20. The van der Waals surface area contributed by atoms with E-state index < -0.39 is 0 Å². The molecule has 0 aliphatic carbocycles. The van der Waals surface area contributed by atoms with Crippen LogP contribution in [0.4, 0.5) is 0 Å². The standard InChI is InChI=1S/C14H27N3O/c1-10(2)11(15)9-14(18)16-12-6-8-17-7-4-3-5-13(12)17/h10-13H,3-9,15H2,1-2H3,(H,16,18). The van der Waals surface area contributed by atoms with E-state index in [1.54, 1.807) is 0 Å². The molecule has 0 saturated carbocycles. The molecule has 0 radical (unpaired) electrons. The Morgan fingerprint density at radius 2 is 2.11 bits per heavy atom. The lowest BCUT2D eigenvalue weighted by Crippen LogP contribution is -2.48. The highest BCUT2D eigenvalue weighted by Crippen LogP contribution is 2.27. The second-order valence-electron chi connectivity index (χ2n) is 6.17. The van der Waals surface area contributed by atoms with Crippen LogP contribution in [0.2, 0.25) is 0 Å². The summed E-state index contributed by atoms with van der Waals surface area (Å²) in [6.07, 6.45) is 5.42. The molecule has 104 valence electrons. The second kappa shape index (κ2) is 6.02. The Bertz CT molecular complexity index is 293. The highest BCUT2D eigenvalue weighted by molar-refractivity contribution is 5.77. The number of nitrogens with one attached hydrogen (secondary N) is 1. The van der Waals surface area contributed by atoms with Crippen molar-refractivity contribution in [2.24, 2.45) is 11.7 Å². The van der Waals surface area contributed by atoms with Gasteiger partial charge in [0.25, 0.3) is 0 Å². The first kappa shape index (κ1) is 13.8. The van der Waals surface area contributed by atoms with Gasteiger partial charge in [0.05, 0.1) is 0 Å². The highest BCUT2D eigenvalue weighted by atomic mass is 16.1. The molecule has 3 atom stereocenters. The molecule has 2 aliphatic rings. The molecule has 1 amide bonds. The van der Waals surface area contributed by atoms with E-state index in [1.807, 2.05) is 0 Å². The van der Waals surface area contributed by atoms with Crippen molar-refractivity contribution in [2.45, 2.75) is 64.1 Å². The molecule has 4 nitrogen and oxygen atoms in total. The smallest absolute Gasteiger partial charge is 0.221 e. The van der Waals surface area contributed by atoms with E-state index in [0.717, 1.165) is 13.0 Å². The van der Waals surface area contributed by atoms with Crippen LogP contribution < -0.4 is 11.1 Å². The fourth-order valence-electron chi connectivity index (χ4n) is 3.13. The maximum absolute atomic E-state index is 12.0. The number of hydrogen-bond acceptors (Lipinski definition) is 3. The minimum absolute atomic E-state index is 0.0196. The molecule has 2 fully saturated rings. The van der Waals surface area contributed by atoms with Crippen LogP contribution in [0.1, 0.15) is 46.0 Å². The van der Waals surface area contributed by atoms with Gasteiger partial charge in [-0.25, -0.2) is 0 Å². The molecular formula is C14H27N3O. The topological polar surface area (TPSA) is 58.4 Å². The summed E-state index contributed by atoms with van der Waals surface area (Å²) >= 11 is 0. The van der Waals surface area contributed by atoms with Crippen LogP contribution in [-0.4, -0.2) is 42.0 Å². The average Bonchev–Trinajstić information content (AvgIpc) is 2.72. The first-order valence-corrected chi connectivity index (χ1v) is 7.37. The lowest BCUT2D eigenvalue weighted by atomic mass is 9.98. The summed E-state index contributed by atoms with van der Waals surface area (Å²) < 4.78 is 0. The number of amides is 1. The van der Waals surface area contributed by atoms with Crippen molar-refractivity contribution in [3.8, 4) is 0 Å². The Balaban J connectivity index is 1.80. The SMILES string of the molecule is CC(C)C(N)CC(=O)NC1CCN2CCCCC12. The zero-order valence-electron chi connectivity index (χ0n) is 11.7. The largest absolute Gasteiger partial charge is 0.352 e. The quantitative estimate of drug-likeness (QED) is 0.789. The van der Waals surface area contributed by atoms with Gasteiger partial charge in [0.1, 0.15) is 0 Å². The van der Waals surface area contributed by atoms with Crippen molar-refractivity contribution < 1.29 is 4.79 Å². The van der Waals surface area contributed by atoms with Crippen LogP contribution in [0.5, 0.6) is 0 Å². The number of carbonyl (C=O) groups is 1. The van der Waals surface area contributed by atoms with Crippen LogP contribution in [0.15, 0.2) is 0 Å². The molecule has 0 bridgehead atoms. The Labute approximate surface area is 110 Å². The molecule has 0 aromatic heterocycles. The molecule has 3 unspecified atom stereocenters. The predicted octanol–water partition coefficient (Wildman–Crippen LogP) is 1.10. The van der Waals surface area contributed by atoms with E-state index in [-0.39, 0.29) is 11.9 Å². The van der Waals surface area contributed by atoms with Crippen molar-refractivity contribution in [1.29, 1.82) is 0 Å². The summed E-state index contributed by atoms with van der Waals surface area (Å²) in [6, 6.07) is 0.920. The van der Waals surface area contributed by atoms with Gasteiger partial charge >= 0.3 is 0 Å². The fourth-order valence-corrected chi connectivity index (χ4v) is 3.13. The number of rotatable bonds is 4. The van der Waals surface area contributed by atoms with Crippen molar-refractivity contribution in [2.75, 3.05) is 13.1 Å². The molecule has 2 heterocycles. The normalized spacial score (nSPS) is 30.2. The van der Waals surface area contributed by atoms with E-state index in [4.69, 9.17) is 5.73 Å². The van der Waals surface area contributed by atoms with E-state index >= 15 is 0 Å². The first-order chi connectivity index (χ1) is 8.58. The van der Waals surface area contributed by atoms with Gasteiger partial charge in [-0.1, -0.05) is 20.3 Å². The van der Waals surface area contributed by atoms with Gasteiger partial charge < -0.3 is 11.1 Å². The van der Waals surface area contributed by atoms with Crippen molar-refractivity contribution in [3.05, 3.63) is 0 Å². The molecule has 2 saturated heterocycles. The molecule has 0 spiro atoms. The van der Waals surface area contributed by atoms with Gasteiger partial charge in [0.15, 0.2) is 0 Å². The number of hydrogen-bond donors (Lipinski definition) is 2. The van der Waals surface area contributed by atoms with Gasteiger partial charge in [0, 0.05) is 31.1 Å². The molecule has 2 rings (SSSR count). The molecular weight excluding hydrogens is 226 g/mol. The third-order valence-corrected chi connectivity index (χ3v) is 4.48. The second-order valence-corrected chi connectivity index (χ2v) is 6.17. The number of nitrogens with two attached hydrogens (primary N) is 1. The molecule has 18 heavy (non-hydrogen) atoms. The number of carbonyl (C=O) groups excluding carboxylic acids is 1. The van der Waals surface area contributed by atoms with Crippen molar-refractivity contribution in [3.63, 3.8) is 0 Å². The monoisotopic (exact) mass is 253 g/mol. The Hall–Kier alpha value is -0.610. The van der Waals surface area contributed by atoms with Crippen LogP contribution in [-0.2, 0) is 4.79 Å². The molecule has 3 N–H and O–H groups in total. The van der Waals surface area contributed by atoms with E-state index in [9.17, 15) is 4.79 Å². The first-order valence-electron chi connectivity index (χ1n) is 7.37. The molecule has 0 aromatic rings. The lowest BCUT2D eigenvalue weighted by molar-refractivity contribution is -0.122. The summed E-state index contributed by atoms with van der Waals surface area (Å²) in [4.78, 5) is 14.5. The van der Waals surface area contributed by atoms with Gasteiger partial charge in [-0.05, 0) is 31.7 Å². The molecule has 0 aromatic carbocycles. The Morgan fingerprint density at radius 3 is 2.83 bits per heavy atom. The average molecular weight is 253 g/mol. The van der Waals surface area contributed by atoms with E-state index in [2.05, 4.69) is 24.1 Å². The summed E-state index contributed by atoms with van der Waals surface area (Å²) in [5.74, 6) is 0.499. The van der Waals surface area contributed by atoms with Gasteiger partial charge in [-0.15, -0.1) is 0 Å². The van der Waals surface area contributed by atoms with Gasteiger partial charge in [-0.3, -0.25) is 9.69 Å². The van der Waals surface area contributed by atoms with Crippen LogP contribution in [0.25, 0.3) is 0 Å². The minimum atomic E-state index is -0.0196. The van der Waals surface area contributed by atoms with Crippen molar-refractivity contribution >= 4 is 5.91 Å². The van der Waals surface area contributed by atoms with Gasteiger partial charge in [0.2, 0.25) is 5.91 Å². The summed E-state index contributed by atoms with van der Waals surface area (Å²) in [6.45, 7) is 6.49. The third kappa shape index (κ3) is 3.23. The third-order valence-electron chi connectivity index (χ3n) is 4.48. The zero-order valence-corrected chi connectivity index (χ0v) is 11.7. The lowest BCUT2D eigenvalue weighted by Gasteiger charge is -2.32. The summed E-state index contributed by atoms with van der Waals surface area (Å²) in [7, 11) is 0. The maximum Gasteiger partial charge on any atom is 0.221 e. The number of piperidine rings is 1. The van der Waals surface area contributed by atoms with Crippen LogP contribution >= 0.6 is 0 Å². The Morgan fingerprint density at radius 1 is 1.33 bits per heavy atom. The number of fused-ring (bicyclic) bond motifs is 1. The maximum atomic E-state index is 12.0.